The van der Waals surface area contributed by atoms with Gasteiger partial charge in [0.15, 0.2) is 5.92 Å². The van der Waals surface area contributed by atoms with Crippen molar-refractivity contribution in [1.82, 2.24) is 0 Å². The molecular formula is C35H42N2O10. The van der Waals surface area contributed by atoms with Gasteiger partial charge in [0.2, 0.25) is 0 Å². The molecule has 2 atom stereocenters. The predicted molar refractivity (Wildman–Crippen MR) is 173 cm³/mol. The molecule has 3 rings (SSSR count). The standard InChI is InChI=1S/C35H42N2O10/c1-6-45-32(38)28(33(39)46-7-2)19-18-25-16-14-24(15-17-25)11-8-9-20-47-35(41)30-23(4)36-22(3)29(34(40)44-5)31(30)26-12-10-13-27(21-26)37(42)43/h10,12-17,21,28-29,31H,6-9,11,18-20H2,1-5H3. The largest absolute Gasteiger partial charge is 0.468 e. The lowest BCUT2D eigenvalue weighted by molar-refractivity contribution is -0.384. The Balaban J connectivity index is 1.60. The van der Waals surface area contributed by atoms with Gasteiger partial charge in [0, 0.05) is 29.5 Å². The number of methoxy groups -OCH3 is 1. The van der Waals surface area contributed by atoms with Crippen molar-refractivity contribution >= 4 is 35.3 Å². The number of unbranched alkanes of at least 4 members (excludes halogenated alkanes) is 1. The first-order valence-electron chi connectivity index (χ1n) is 15.7. The van der Waals surface area contributed by atoms with Gasteiger partial charge in [-0.2, -0.15) is 0 Å². The zero-order valence-electron chi connectivity index (χ0n) is 27.5. The van der Waals surface area contributed by atoms with Crippen LogP contribution in [0.2, 0.25) is 0 Å². The van der Waals surface area contributed by atoms with Crippen molar-refractivity contribution in [1.29, 1.82) is 0 Å². The van der Waals surface area contributed by atoms with Crippen molar-refractivity contribution in [3.05, 3.63) is 86.6 Å². The lowest BCUT2D eigenvalue weighted by Crippen LogP contribution is -2.36. The molecule has 0 saturated heterocycles. The molecule has 1 aliphatic rings. The van der Waals surface area contributed by atoms with Gasteiger partial charge < -0.3 is 18.9 Å². The lowest BCUT2D eigenvalue weighted by Gasteiger charge is -2.31. The van der Waals surface area contributed by atoms with Crippen LogP contribution in [0.3, 0.4) is 0 Å². The van der Waals surface area contributed by atoms with Gasteiger partial charge in [-0.3, -0.25) is 29.5 Å². The first kappa shape index (κ1) is 36.6. The lowest BCUT2D eigenvalue weighted by atomic mass is 9.75. The Hall–Kier alpha value is -4.87. The van der Waals surface area contributed by atoms with Gasteiger partial charge in [0.25, 0.3) is 5.69 Å². The van der Waals surface area contributed by atoms with Crippen LogP contribution in [-0.2, 0) is 51.0 Å². The van der Waals surface area contributed by atoms with Gasteiger partial charge in [0.05, 0.1) is 37.4 Å². The van der Waals surface area contributed by atoms with Crippen LogP contribution in [0, 0.1) is 22.0 Å². The number of ether oxygens (including phenoxy) is 4. The molecule has 0 radical (unpaired) electrons. The number of hydrogen-bond acceptors (Lipinski definition) is 11. The van der Waals surface area contributed by atoms with Crippen molar-refractivity contribution in [2.45, 2.75) is 65.7 Å². The van der Waals surface area contributed by atoms with E-state index in [0.717, 1.165) is 24.0 Å². The molecule has 0 aliphatic carbocycles. The molecule has 0 N–H and O–H groups in total. The Morgan fingerprint density at radius 1 is 0.894 bits per heavy atom. The molecule has 0 amide bonds. The van der Waals surface area contributed by atoms with Crippen LogP contribution < -0.4 is 0 Å². The summed E-state index contributed by atoms with van der Waals surface area (Å²) in [7, 11) is 1.24. The Morgan fingerprint density at radius 3 is 2.09 bits per heavy atom. The SMILES string of the molecule is CCOC(=O)C(CCc1ccc(CCCCOC(=O)C2=C(C)N=C(C)C(C(=O)OC)C2c2cccc([N+](=O)[O-])c2)cc1)C(=O)OCC. The first-order valence-corrected chi connectivity index (χ1v) is 15.7. The van der Waals surface area contributed by atoms with E-state index in [2.05, 4.69) is 4.99 Å². The number of carbonyl (C=O) groups is 4. The van der Waals surface area contributed by atoms with Crippen molar-refractivity contribution in [3.8, 4) is 0 Å². The summed E-state index contributed by atoms with van der Waals surface area (Å²) in [5, 5.41) is 11.5. The summed E-state index contributed by atoms with van der Waals surface area (Å²) >= 11 is 0. The van der Waals surface area contributed by atoms with Crippen LogP contribution in [-0.4, -0.2) is 61.4 Å². The molecule has 0 aromatic heterocycles. The number of benzene rings is 2. The maximum absolute atomic E-state index is 13.4. The Morgan fingerprint density at radius 2 is 1.51 bits per heavy atom. The second kappa shape index (κ2) is 17.7. The molecular weight excluding hydrogens is 608 g/mol. The molecule has 0 saturated carbocycles. The smallest absolute Gasteiger partial charge is 0.336 e. The highest BCUT2D eigenvalue weighted by Gasteiger charge is 2.42. The van der Waals surface area contributed by atoms with Crippen molar-refractivity contribution in [2.75, 3.05) is 26.9 Å². The monoisotopic (exact) mass is 650 g/mol. The second-order valence-electron chi connectivity index (χ2n) is 11.1. The summed E-state index contributed by atoms with van der Waals surface area (Å²) < 4.78 is 20.7. The molecule has 252 valence electrons. The van der Waals surface area contributed by atoms with Gasteiger partial charge in [-0.05, 0) is 76.5 Å². The fraction of sp³-hybridized carbons (Fsp3) is 0.457. The van der Waals surface area contributed by atoms with Crippen LogP contribution in [0.25, 0.3) is 0 Å². The second-order valence-corrected chi connectivity index (χ2v) is 11.1. The average molecular weight is 651 g/mol. The quantitative estimate of drug-likeness (QED) is 0.0570. The van der Waals surface area contributed by atoms with Gasteiger partial charge in [-0.25, -0.2) is 4.79 Å². The van der Waals surface area contributed by atoms with Crippen molar-refractivity contribution in [2.24, 2.45) is 16.8 Å². The minimum Gasteiger partial charge on any atom is -0.468 e. The van der Waals surface area contributed by atoms with Crippen LogP contribution in [0.4, 0.5) is 5.69 Å². The predicted octanol–water partition coefficient (Wildman–Crippen LogP) is 5.46. The Kier molecular flexibility index (Phi) is 13.8. The number of non-ortho nitro benzene ring substituents is 1. The summed E-state index contributed by atoms with van der Waals surface area (Å²) in [6.07, 6.45) is 2.83. The number of aliphatic imine (C=N–C) groups is 1. The molecule has 1 heterocycles. The van der Waals surface area contributed by atoms with Crippen LogP contribution in [0.15, 0.2) is 64.8 Å². The highest BCUT2D eigenvalue weighted by atomic mass is 16.6. The molecule has 47 heavy (non-hydrogen) atoms. The van der Waals surface area contributed by atoms with E-state index in [0.29, 0.717) is 29.8 Å². The zero-order chi connectivity index (χ0) is 34.5. The van der Waals surface area contributed by atoms with E-state index >= 15 is 0 Å². The Labute approximate surface area is 274 Å². The summed E-state index contributed by atoms with van der Waals surface area (Å²) in [6.45, 7) is 7.19. The zero-order valence-corrected chi connectivity index (χ0v) is 27.5. The molecule has 0 spiro atoms. The first-order chi connectivity index (χ1) is 22.5. The molecule has 12 nitrogen and oxygen atoms in total. The number of aryl methyl sites for hydroxylation is 2. The normalized spacial score (nSPS) is 15.9. The number of nitro groups is 1. The van der Waals surface area contributed by atoms with Crippen molar-refractivity contribution < 1.29 is 43.0 Å². The average Bonchev–Trinajstić information content (AvgIpc) is 3.04. The van der Waals surface area contributed by atoms with Crippen LogP contribution in [0.1, 0.15) is 69.6 Å². The van der Waals surface area contributed by atoms with E-state index in [1.807, 2.05) is 24.3 Å². The highest BCUT2D eigenvalue weighted by molar-refractivity contribution is 6.07. The fourth-order valence-electron chi connectivity index (χ4n) is 5.60. The minimum absolute atomic E-state index is 0.129. The maximum Gasteiger partial charge on any atom is 0.336 e. The van der Waals surface area contributed by atoms with E-state index < -0.39 is 46.6 Å². The van der Waals surface area contributed by atoms with Gasteiger partial charge in [0.1, 0.15) is 5.92 Å². The molecule has 1 aliphatic heterocycles. The topological polar surface area (TPSA) is 161 Å². The number of esters is 4. The summed E-state index contributed by atoms with van der Waals surface area (Å²) in [5.41, 5.74) is 3.27. The number of hydrogen-bond donors (Lipinski definition) is 0. The fourth-order valence-corrected chi connectivity index (χ4v) is 5.60. The number of rotatable bonds is 16. The summed E-state index contributed by atoms with van der Waals surface area (Å²) in [5.74, 6) is -5.18. The maximum atomic E-state index is 13.4. The molecule has 0 bridgehead atoms. The van der Waals surface area contributed by atoms with Crippen LogP contribution in [0.5, 0.6) is 0 Å². The highest BCUT2D eigenvalue weighted by Crippen LogP contribution is 2.41. The number of carbonyl (C=O) groups excluding carboxylic acids is 4. The van der Waals surface area contributed by atoms with E-state index in [-0.39, 0.29) is 37.5 Å². The summed E-state index contributed by atoms with van der Waals surface area (Å²) in [4.78, 5) is 66.1. The third-order valence-electron chi connectivity index (χ3n) is 7.92. The van der Waals surface area contributed by atoms with Crippen LogP contribution >= 0.6 is 0 Å². The molecule has 12 heteroatoms. The molecule has 2 aromatic rings. The number of nitrogens with zero attached hydrogens (tertiary/aromatic N) is 2. The number of allylic oxidation sites excluding steroid dienone is 1. The van der Waals surface area contributed by atoms with Gasteiger partial charge >= 0.3 is 23.9 Å². The van der Waals surface area contributed by atoms with E-state index in [1.54, 1.807) is 33.8 Å². The molecule has 2 unspecified atom stereocenters. The van der Waals surface area contributed by atoms with Gasteiger partial charge in [-0.1, -0.05) is 36.4 Å². The number of nitro benzene ring substituents is 1. The third kappa shape index (κ3) is 9.81. The molecule has 2 aromatic carbocycles. The van der Waals surface area contributed by atoms with E-state index in [4.69, 9.17) is 18.9 Å². The summed E-state index contributed by atoms with van der Waals surface area (Å²) in [6, 6.07) is 13.7. The van der Waals surface area contributed by atoms with E-state index in [1.165, 1.54) is 25.3 Å². The third-order valence-corrected chi connectivity index (χ3v) is 7.92. The molecule has 0 fully saturated rings. The minimum atomic E-state index is -0.964. The van der Waals surface area contributed by atoms with Gasteiger partial charge in [-0.15, -0.1) is 0 Å². The van der Waals surface area contributed by atoms with Crippen molar-refractivity contribution in [3.63, 3.8) is 0 Å². The Bertz CT molecular complexity index is 1490. The van der Waals surface area contributed by atoms with E-state index in [9.17, 15) is 29.3 Å².